The number of hydrogen-bond acceptors (Lipinski definition) is 2. The first-order valence-corrected chi connectivity index (χ1v) is 3.53. The normalized spacial score (nSPS) is 15.7. The molecule has 0 aliphatic carbocycles. The number of nitrogens with two attached hydrogens (primary N) is 2. The lowest BCUT2D eigenvalue weighted by molar-refractivity contribution is 0.358. The number of hydrogen-bond donors (Lipinski definition) is 2. The summed E-state index contributed by atoms with van der Waals surface area (Å²) in [4.78, 5) is 0. The van der Waals surface area contributed by atoms with Gasteiger partial charge < -0.3 is 11.5 Å². The van der Waals surface area contributed by atoms with Crippen LogP contribution in [0.1, 0.15) is 33.6 Å². The molecule has 1 unspecified atom stereocenters. The molecule has 0 amide bonds. The number of rotatable bonds is 3. The second-order valence-corrected chi connectivity index (χ2v) is 3.22. The predicted molar refractivity (Wildman–Crippen MR) is 40.9 cm³/mol. The Morgan fingerprint density at radius 2 is 1.89 bits per heavy atom. The van der Waals surface area contributed by atoms with Crippen molar-refractivity contribution >= 4 is 0 Å². The first kappa shape index (κ1) is 8.92. The molecule has 0 radical (unpaired) electrons. The van der Waals surface area contributed by atoms with E-state index in [-0.39, 0.29) is 0 Å². The Morgan fingerprint density at radius 1 is 1.44 bits per heavy atom. The van der Waals surface area contributed by atoms with Crippen LogP contribution in [0, 0.1) is 5.92 Å². The molecule has 0 saturated carbocycles. The summed E-state index contributed by atoms with van der Waals surface area (Å²) in [5.41, 5.74) is 10.7. The zero-order valence-electron chi connectivity index (χ0n) is 6.65. The Bertz CT molecular complexity index is 73.5. The Kier molecular flexibility index (Phi) is 3.15. The molecule has 0 rings (SSSR count). The summed E-state index contributed by atoms with van der Waals surface area (Å²) in [5, 5.41) is 0. The van der Waals surface area contributed by atoms with Crippen molar-refractivity contribution in [2.75, 3.05) is 0 Å². The molecule has 0 aromatic carbocycles. The summed E-state index contributed by atoms with van der Waals surface area (Å²) in [6.45, 7) is 6.17. The molecule has 0 saturated heterocycles. The van der Waals surface area contributed by atoms with Crippen LogP contribution in [-0.2, 0) is 0 Å². The van der Waals surface area contributed by atoms with Gasteiger partial charge in [-0.15, -0.1) is 0 Å². The van der Waals surface area contributed by atoms with Crippen LogP contribution in [0.5, 0.6) is 0 Å². The van der Waals surface area contributed by atoms with Gasteiger partial charge in [0.2, 0.25) is 0 Å². The molecule has 2 nitrogen and oxygen atoms in total. The summed E-state index contributed by atoms with van der Waals surface area (Å²) < 4.78 is 0. The van der Waals surface area contributed by atoms with Crippen LogP contribution in [0.3, 0.4) is 0 Å². The van der Waals surface area contributed by atoms with Crippen LogP contribution in [0.4, 0.5) is 0 Å². The fourth-order valence-electron chi connectivity index (χ4n) is 0.895. The molecule has 2 heteroatoms. The van der Waals surface area contributed by atoms with E-state index in [1.54, 1.807) is 0 Å². The van der Waals surface area contributed by atoms with Crippen LogP contribution < -0.4 is 11.5 Å². The zero-order chi connectivity index (χ0) is 7.49. The van der Waals surface area contributed by atoms with E-state index < -0.39 is 5.66 Å². The van der Waals surface area contributed by atoms with Gasteiger partial charge in [-0.1, -0.05) is 20.3 Å². The van der Waals surface area contributed by atoms with E-state index in [0.29, 0.717) is 5.92 Å². The van der Waals surface area contributed by atoms with Gasteiger partial charge in [0.15, 0.2) is 0 Å². The van der Waals surface area contributed by atoms with E-state index in [4.69, 9.17) is 11.5 Å². The summed E-state index contributed by atoms with van der Waals surface area (Å²) in [7, 11) is 0. The fraction of sp³-hybridized carbons (Fsp3) is 1.00. The standard InChI is InChI=1S/C7H18N2/c1-4-6(2)5-7(3,8)9/h6H,4-5,8-9H2,1-3H3. The first-order valence-electron chi connectivity index (χ1n) is 3.53. The lowest BCUT2D eigenvalue weighted by atomic mass is 9.97. The van der Waals surface area contributed by atoms with Gasteiger partial charge in [-0.05, 0) is 19.3 Å². The third kappa shape index (κ3) is 5.80. The summed E-state index contributed by atoms with van der Waals surface area (Å²) >= 11 is 0. The van der Waals surface area contributed by atoms with Gasteiger partial charge >= 0.3 is 0 Å². The topological polar surface area (TPSA) is 52.0 Å². The molecule has 0 aromatic heterocycles. The SMILES string of the molecule is CCC(C)CC(C)(N)N. The average Bonchev–Trinajstić information content (AvgIpc) is 1.62. The van der Waals surface area contributed by atoms with Crippen LogP contribution in [0.2, 0.25) is 0 Å². The molecule has 0 fully saturated rings. The maximum absolute atomic E-state index is 5.59. The summed E-state index contributed by atoms with van der Waals surface area (Å²) in [5.74, 6) is 0.644. The van der Waals surface area contributed by atoms with Gasteiger partial charge in [0.05, 0.1) is 5.66 Å². The predicted octanol–water partition coefficient (Wildman–Crippen LogP) is 1.06. The van der Waals surface area contributed by atoms with Crippen molar-refractivity contribution in [3.05, 3.63) is 0 Å². The van der Waals surface area contributed by atoms with Gasteiger partial charge in [-0.2, -0.15) is 0 Å². The monoisotopic (exact) mass is 130 g/mol. The summed E-state index contributed by atoms with van der Waals surface area (Å²) in [6.07, 6.45) is 2.06. The van der Waals surface area contributed by atoms with Gasteiger partial charge in [0.25, 0.3) is 0 Å². The van der Waals surface area contributed by atoms with Gasteiger partial charge in [0, 0.05) is 0 Å². The van der Waals surface area contributed by atoms with Crippen LogP contribution in [-0.4, -0.2) is 5.66 Å². The van der Waals surface area contributed by atoms with Crippen LogP contribution in [0.15, 0.2) is 0 Å². The minimum atomic E-state index is -0.477. The minimum absolute atomic E-state index is 0.477. The van der Waals surface area contributed by atoms with Gasteiger partial charge in [-0.25, -0.2) is 0 Å². The Labute approximate surface area is 57.6 Å². The van der Waals surface area contributed by atoms with Crippen molar-refractivity contribution in [3.8, 4) is 0 Å². The van der Waals surface area contributed by atoms with E-state index in [9.17, 15) is 0 Å². The highest BCUT2D eigenvalue weighted by Gasteiger charge is 2.13. The Hall–Kier alpha value is -0.0800. The third-order valence-electron chi connectivity index (χ3n) is 1.49. The highest BCUT2D eigenvalue weighted by Crippen LogP contribution is 2.11. The smallest absolute Gasteiger partial charge is 0.0610 e. The highest BCUT2D eigenvalue weighted by atomic mass is 14.9. The zero-order valence-corrected chi connectivity index (χ0v) is 6.65. The van der Waals surface area contributed by atoms with E-state index in [2.05, 4.69) is 13.8 Å². The maximum Gasteiger partial charge on any atom is 0.0610 e. The second-order valence-electron chi connectivity index (χ2n) is 3.22. The van der Waals surface area contributed by atoms with Crippen molar-refractivity contribution in [1.29, 1.82) is 0 Å². The van der Waals surface area contributed by atoms with Crippen molar-refractivity contribution in [1.82, 2.24) is 0 Å². The van der Waals surface area contributed by atoms with Crippen molar-refractivity contribution in [2.45, 2.75) is 39.3 Å². The molecule has 0 bridgehead atoms. The van der Waals surface area contributed by atoms with Crippen LogP contribution >= 0.6 is 0 Å². The van der Waals surface area contributed by atoms with E-state index in [0.717, 1.165) is 12.8 Å². The maximum atomic E-state index is 5.59. The van der Waals surface area contributed by atoms with E-state index in [1.807, 2.05) is 6.92 Å². The lowest BCUT2D eigenvalue weighted by Crippen LogP contribution is -2.47. The largest absolute Gasteiger partial charge is 0.314 e. The highest BCUT2D eigenvalue weighted by molar-refractivity contribution is 4.71. The van der Waals surface area contributed by atoms with Crippen molar-refractivity contribution < 1.29 is 0 Å². The van der Waals surface area contributed by atoms with Crippen LogP contribution in [0.25, 0.3) is 0 Å². The molecule has 0 aromatic rings. The van der Waals surface area contributed by atoms with Crippen molar-refractivity contribution in [2.24, 2.45) is 17.4 Å². The van der Waals surface area contributed by atoms with Gasteiger partial charge in [-0.3, -0.25) is 0 Å². The molecule has 0 aliphatic heterocycles. The molecule has 1 atom stereocenters. The molecule has 9 heavy (non-hydrogen) atoms. The van der Waals surface area contributed by atoms with E-state index >= 15 is 0 Å². The van der Waals surface area contributed by atoms with Gasteiger partial charge in [0.1, 0.15) is 0 Å². The average molecular weight is 130 g/mol. The molecule has 4 N–H and O–H groups in total. The Morgan fingerprint density at radius 3 is 2.00 bits per heavy atom. The van der Waals surface area contributed by atoms with Crippen molar-refractivity contribution in [3.63, 3.8) is 0 Å². The molecule has 56 valence electrons. The third-order valence-corrected chi connectivity index (χ3v) is 1.49. The Balaban J connectivity index is 3.47. The molecule has 0 aliphatic rings. The first-order chi connectivity index (χ1) is 3.95. The van der Waals surface area contributed by atoms with E-state index in [1.165, 1.54) is 0 Å². The molecule has 0 spiro atoms. The lowest BCUT2D eigenvalue weighted by Gasteiger charge is -2.21. The minimum Gasteiger partial charge on any atom is -0.314 e. The fourth-order valence-corrected chi connectivity index (χ4v) is 0.895. The molecular weight excluding hydrogens is 112 g/mol. The molecule has 0 heterocycles. The second kappa shape index (κ2) is 3.18. The molecular formula is C7H18N2. The summed E-state index contributed by atoms with van der Waals surface area (Å²) in [6, 6.07) is 0. The quantitative estimate of drug-likeness (QED) is 0.561.